The van der Waals surface area contributed by atoms with Crippen LogP contribution in [0.3, 0.4) is 0 Å². The van der Waals surface area contributed by atoms with Crippen molar-refractivity contribution in [1.29, 1.82) is 0 Å². The maximum atomic E-state index is 11.8. The molecule has 7 heteroatoms. The molecule has 0 saturated heterocycles. The Morgan fingerprint density at radius 1 is 1.41 bits per heavy atom. The van der Waals surface area contributed by atoms with Crippen molar-refractivity contribution in [2.45, 2.75) is 24.8 Å². The summed E-state index contributed by atoms with van der Waals surface area (Å²) in [5.41, 5.74) is 0.859. The Bertz CT molecular complexity index is 439. The Labute approximate surface area is 102 Å². The van der Waals surface area contributed by atoms with Crippen LogP contribution < -0.4 is 10.1 Å². The third-order valence-electron chi connectivity index (χ3n) is 2.07. The van der Waals surface area contributed by atoms with Crippen molar-refractivity contribution in [2.75, 3.05) is 20.6 Å². The molecule has 3 N–H and O–H groups in total. The number of aromatic nitrogens is 1. The summed E-state index contributed by atoms with van der Waals surface area (Å²) < 4.78 is 23.6. The van der Waals surface area contributed by atoms with Gasteiger partial charge in [0, 0.05) is 32.5 Å². The number of H-pyrrole nitrogens is 1. The zero-order valence-electron chi connectivity index (χ0n) is 10.4. The summed E-state index contributed by atoms with van der Waals surface area (Å²) in [5, 5.41) is 4.60. The molecule has 98 valence electrons. The van der Waals surface area contributed by atoms with Crippen molar-refractivity contribution in [1.82, 2.24) is 20.1 Å². The molecule has 0 bridgehead atoms. The third kappa shape index (κ3) is 4.47. The van der Waals surface area contributed by atoms with Crippen LogP contribution in [0.25, 0.3) is 0 Å². The Morgan fingerprint density at radius 3 is 2.71 bits per heavy atom. The second-order valence-electron chi connectivity index (χ2n) is 4.03. The molecule has 0 saturated carbocycles. The van der Waals surface area contributed by atoms with Gasteiger partial charge in [-0.15, -0.1) is 4.83 Å². The van der Waals surface area contributed by atoms with E-state index < -0.39 is 10.0 Å². The fourth-order valence-corrected chi connectivity index (χ4v) is 2.47. The molecule has 0 aliphatic rings. The molecule has 0 aliphatic heterocycles. The molecule has 0 fully saturated rings. The minimum Gasteiger partial charge on any atom is -0.363 e. The summed E-state index contributed by atoms with van der Waals surface area (Å²) >= 11 is 0. The quantitative estimate of drug-likeness (QED) is 0.486. The number of nitrogens with one attached hydrogen (secondary N) is 3. The Morgan fingerprint density at radius 2 is 2.12 bits per heavy atom. The predicted molar refractivity (Wildman–Crippen MR) is 66.8 cm³/mol. The van der Waals surface area contributed by atoms with E-state index in [0.717, 1.165) is 18.7 Å². The average Bonchev–Trinajstić information content (AvgIpc) is 2.65. The van der Waals surface area contributed by atoms with Crippen LogP contribution in [0.1, 0.15) is 19.0 Å². The van der Waals surface area contributed by atoms with Crippen molar-refractivity contribution >= 4 is 10.0 Å². The highest BCUT2D eigenvalue weighted by Gasteiger charge is 2.16. The number of hydrazine groups is 1. The fraction of sp³-hybridized carbons (Fsp3) is 0.600. The van der Waals surface area contributed by atoms with E-state index >= 15 is 0 Å². The Balaban J connectivity index is 2.67. The van der Waals surface area contributed by atoms with Gasteiger partial charge in [0.05, 0.1) is 0 Å². The van der Waals surface area contributed by atoms with Gasteiger partial charge in [-0.05, 0) is 19.0 Å². The maximum absolute atomic E-state index is 11.8. The van der Waals surface area contributed by atoms with E-state index in [9.17, 15) is 8.42 Å². The molecule has 0 spiro atoms. The van der Waals surface area contributed by atoms with Crippen LogP contribution in [0.5, 0.6) is 0 Å². The van der Waals surface area contributed by atoms with Crippen LogP contribution in [0.2, 0.25) is 0 Å². The minimum atomic E-state index is -3.45. The van der Waals surface area contributed by atoms with Gasteiger partial charge in [-0.2, -0.15) is 0 Å². The zero-order chi connectivity index (χ0) is 12.9. The fourth-order valence-electron chi connectivity index (χ4n) is 1.37. The van der Waals surface area contributed by atoms with Gasteiger partial charge >= 0.3 is 0 Å². The van der Waals surface area contributed by atoms with Crippen molar-refractivity contribution < 1.29 is 8.42 Å². The lowest BCUT2D eigenvalue weighted by atomic mass is 10.4. The zero-order valence-corrected chi connectivity index (χ0v) is 11.3. The predicted octanol–water partition coefficient (Wildman–Crippen LogP) is 0.269. The van der Waals surface area contributed by atoms with E-state index in [1.165, 1.54) is 11.2 Å². The number of hydrogen-bond donors (Lipinski definition) is 3. The van der Waals surface area contributed by atoms with E-state index in [0.29, 0.717) is 6.54 Å². The van der Waals surface area contributed by atoms with Crippen LogP contribution in [0, 0.1) is 0 Å². The second kappa shape index (κ2) is 6.15. The number of rotatable bonds is 7. The molecule has 1 heterocycles. The van der Waals surface area contributed by atoms with Gasteiger partial charge in [0.25, 0.3) is 10.0 Å². The summed E-state index contributed by atoms with van der Waals surface area (Å²) in [6.45, 7) is 3.64. The second-order valence-corrected chi connectivity index (χ2v) is 5.69. The maximum Gasteiger partial charge on any atom is 0.254 e. The molecule has 6 nitrogen and oxygen atoms in total. The number of sulfonamides is 1. The normalized spacial score (nSPS) is 12.2. The molecule has 0 unspecified atom stereocenters. The van der Waals surface area contributed by atoms with Gasteiger partial charge < -0.3 is 10.3 Å². The van der Waals surface area contributed by atoms with Gasteiger partial charge in [-0.1, -0.05) is 6.92 Å². The van der Waals surface area contributed by atoms with Crippen molar-refractivity contribution in [3.8, 4) is 0 Å². The first-order chi connectivity index (χ1) is 7.95. The molecule has 0 aliphatic carbocycles. The first-order valence-electron chi connectivity index (χ1n) is 5.53. The molecule has 0 radical (unpaired) electrons. The molecule has 0 amide bonds. The summed E-state index contributed by atoms with van der Waals surface area (Å²) in [6.07, 6.45) is 2.54. The van der Waals surface area contributed by atoms with Crippen LogP contribution in [0.4, 0.5) is 0 Å². The van der Waals surface area contributed by atoms with Crippen LogP contribution in [-0.2, 0) is 16.6 Å². The minimum absolute atomic E-state index is 0.250. The molecule has 1 rings (SSSR count). The monoisotopic (exact) mass is 260 g/mol. The molecule has 17 heavy (non-hydrogen) atoms. The van der Waals surface area contributed by atoms with Gasteiger partial charge in [-0.25, -0.2) is 13.4 Å². The van der Waals surface area contributed by atoms with Gasteiger partial charge in [0.1, 0.15) is 4.90 Å². The smallest absolute Gasteiger partial charge is 0.254 e. The Hall–Kier alpha value is -0.890. The molecule has 1 aromatic heterocycles. The van der Waals surface area contributed by atoms with Gasteiger partial charge in [0.2, 0.25) is 0 Å². The van der Waals surface area contributed by atoms with E-state index in [-0.39, 0.29) is 4.90 Å². The highest BCUT2D eigenvalue weighted by molar-refractivity contribution is 7.89. The summed E-state index contributed by atoms with van der Waals surface area (Å²) in [5.74, 6) is 0. The largest absolute Gasteiger partial charge is 0.363 e. The van der Waals surface area contributed by atoms with E-state index in [1.807, 2.05) is 0 Å². The number of aromatic amines is 1. The summed E-state index contributed by atoms with van der Waals surface area (Å²) in [4.78, 5) is 5.57. The summed E-state index contributed by atoms with van der Waals surface area (Å²) in [7, 11) is -0.187. The van der Waals surface area contributed by atoms with Crippen molar-refractivity contribution in [3.63, 3.8) is 0 Å². The molecule has 1 aromatic rings. The molecule has 0 atom stereocenters. The van der Waals surface area contributed by atoms with E-state index in [2.05, 4.69) is 22.1 Å². The van der Waals surface area contributed by atoms with Crippen LogP contribution >= 0.6 is 0 Å². The van der Waals surface area contributed by atoms with Gasteiger partial charge in [-0.3, -0.25) is 0 Å². The number of nitrogens with zero attached hydrogens (tertiary/aromatic N) is 1. The molecular weight excluding hydrogens is 240 g/mol. The highest BCUT2D eigenvalue weighted by atomic mass is 32.2. The van der Waals surface area contributed by atoms with Crippen LogP contribution in [0.15, 0.2) is 17.2 Å². The molecular formula is C10H20N4O2S. The standard InChI is InChI=1S/C10H20N4O2S/c1-4-5-11-7-9-6-10(8-12-9)17(15,16)13-14(2)3/h6,8,11-13H,4-5,7H2,1-3H3. The first-order valence-corrected chi connectivity index (χ1v) is 7.02. The highest BCUT2D eigenvalue weighted by Crippen LogP contribution is 2.10. The summed E-state index contributed by atoms with van der Waals surface area (Å²) in [6, 6.07) is 1.63. The third-order valence-corrected chi connectivity index (χ3v) is 3.53. The lowest BCUT2D eigenvalue weighted by Gasteiger charge is -2.10. The number of hydrogen-bond acceptors (Lipinski definition) is 4. The van der Waals surface area contributed by atoms with Crippen molar-refractivity contribution in [3.05, 3.63) is 18.0 Å². The lowest BCUT2D eigenvalue weighted by molar-refractivity contribution is 0.364. The lowest BCUT2D eigenvalue weighted by Crippen LogP contribution is -2.35. The topological polar surface area (TPSA) is 77.2 Å². The van der Waals surface area contributed by atoms with E-state index in [4.69, 9.17) is 0 Å². The van der Waals surface area contributed by atoms with Gasteiger partial charge in [0.15, 0.2) is 0 Å². The SMILES string of the molecule is CCCNCc1cc(S(=O)(=O)NN(C)C)c[nH]1. The average molecular weight is 260 g/mol. The first kappa shape index (κ1) is 14.2. The van der Waals surface area contributed by atoms with Crippen molar-refractivity contribution in [2.24, 2.45) is 0 Å². The molecule has 0 aromatic carbocycles. The Kier molecular flexibility index (Phi) is 5.13. The van der Waals surface area contributed by atoms with Crippen LogP contribution in [-0.4, -0.2) is 39.1 Å². The van der Waals surface area contributed by atoms with E-state index in [1.54, 1.807) is 20.2 Å².